The third-order valence-electron chi connectivity index (χ3n) is 3.96. The van der Waals surface area contributed by atoms with E-state index in [0.29, 0.717) is 17.8 Å². The molecule has 0 fully saturated rings. The van der Waals surface area contributed by atoms with Gasteiger partial charge in [0.1, 0.15) is 0 Å². The minimum Gasteiger partial charge on any atom is -0.364 e. The van der Waals surface area contributed by atoms with Crippen LogP contribution in [0.15, 0.2) is 16.7 Å². The van der Waals surface area contributed by atoms with Crippen LogP contribution in [-0.2, 0) is 0 Å². The number of aromatic nitrogens is 1. The van der Waals surface area contributed by atoms with E-state index in [1.54, 1.807) is 0 Å². The Hall–Kier alpha value is -0.543. The predicted molar refractivity (Wildman–Crippen MR) is 93.1 cm³/mol. The fourth-order valence-electron chi connectivity index (χ4n) is 3.08. The van der Waals surface area contributed by atoms with Crippen molar-refractivity contribution in [3.8, 4) is 0 Å². The molecule has 1 aromatic carbocycles. The van der Waals surface area contributed by atoms with Crippen LogP contribution in [-0.4, -0.2) is 14.6 Å². The molecule has 0 saturated carbocycles. The monoisotopic (exact) mass is 348 g/mol. The Morgan fingerprint density at radius 3 is 1.90 bits per heavy atom. The predicted octanol–water partition coefficient (Wildman–Crippen LogP) is 5.71. The highest BCUT2D eigenvalue weighted by Gasteiger charge is 2.22. The summed E-state index contributed by atoms with van der Waals surface area (Å²) >= 11 is 3.75. The van der Waals surface area contributed by atoms with Crippen molar-refractivity contribution in [2.24, 2.45) is 0 Å². The Morgan fingerprint density at radius 1 is 0.900 bits per heavy atom. The molecule has 0 N–H and O–H groups in total. The average Bonchev–Trinajstić information content (AvgIpc) is 2.60. The lowest BCUT2D eigenvalue weighted by molar-refractivity contribution is 0.794. The molecule has 0 aliphatic carbocycles. The number of benzene rings is 1. The summed E-state index contributed by atoms with van der Waals surface area (Å²) < 4.78 is 3.22. The summed E-state index contributed by atoms with van der Waals surface area (Å²) in [6, 6.07) is 4.52. The largest absolute Gasteiger partial charge is 0.364 e. The molecule has 0 unspecified atom stereocenters. The molecule has 2 rings (SSSR count). The molecule has 1 heterocycles. The topological polar surface area (TPSA) is 4.93 Å². The van der Waals surface area contributed by atoms with Crippen molar-refractivity contribution in [3.63, 3.8) is 0 Å². The second-order valence-electron chi connectivity index (χ2n) is 6.47. The van der Waals surface area contributed by atoms with E-state index in [9.17, 15) is 0 Å². The summed E-state index contributed by atoms with van der Waals surface area (Å²) in [6.07, 6.45) is 0. The summed E-state index contributed by atoms with van der Waals surface area (Å²) in [5.41, 5.74) is 5.63. The van der Waals surface area contributed by atoms with Crippen molar-refractivity contribution in [2.45, 2.75) is 59.3 Å². The van der Waals surface area contributed by atoms with Gasteiger partial charge in [-0.1, -0.05) is 47.6 Å². The van der Waals surface area contributed by atoms with Crippen LogP contribution in [0.25, 0.3) is 10.9 Å². The van der Waals surface area contributed by atoms with Crippen LogP contribution in [0.2, 0.25) is 0 Å². The molecular formula is C17H23BrNSi. The van der Waals surface area contributed by atoms with Gasteiger partial charge in [0.15, 0.2) is 10.4 Å². The van der Waals surface area contributed by atoms with Crippen molar-refractivity contribution in [1.29, 1.82) is 0 Å². The van der Waals surface area contributed by atoms with Gasteiger partial charge in [0, 0.05) is 10.9 Å². The number of halogens is 1. The molecule has 0 bridgehead atoms. The maximum absolute atomic E-state index is 3.75. The highest BCUT2D eigenvalue weighted by atomic mass is 79.9. The van der Waals surface area contributed by atoms with Gasteiger partial charge in [-0.3, -0.25) is 0 Å². The molecule has 0 spiro atoms. The fourth-order valence-corrected chi connectivity index (χ4v) is 4.23. The molecule has 3 heteroatoms. The van der Waals surface area contributed by atoms with Gasteiger partial charge in [0.05, 0.1) is 4.60 Å². The lowest BCUT2D eigenvalue weighted by atomic mass is 9.85. The number of fused-ring (bicyclic) bond motifs is 1. The first-order valence-electron chi connectivity index (χ1n) is 7.35. The SMILES string of the molecule is CC(C)c1ccc2c(c1C(C)C)c(C(C)C)c(Br)n2[Si]. The maximum Gasteiger partial charge on any atom is 0.196 e. The van der Waals surface area contributed by atoms with Gasteiger partial charge in [-0.05, 0) is 56.4 Å². The molecule has 0 amide bonds. The Kier molecular flexibility index (Phi) is 4.50. The maximum atomic E-state index is 3.75. The van der Waals surface area contributed by atoms with Crippen LogP contribution in [0.3, 0.4) is 0 Å². The second kappa shape index (κ2) is 5.68. The quantitative estimate of drug-likeness (QED) is 0.626. The lowest BCUT2D eigenvalue weighted by Gasteiger charge is -2.19. The lowest BCUT2D eigenvalue weighted by Crippen LogP contribution is -2.01. The summed E-state index contributed by atoms with van der Waals surface area (Å²) in [5, 5.41) is 1.42. The summed E-state index contributed by atoms with van der Waals surface area (Å²) in [7, 11) is 3.74. The van der Waals surface area contributed by atoms with Gasteiger partial charge >= 0.3 is 0 Å². The van der Waals surface area contributed by atoms with Crippen LogP contribution in [0.5, 0.6) is 0 Å². The Morgan fingerprint density at radius 2 is 1.45 bits per heavy atom. The van der Waals surface area contributed by atoms with Gasteiger partial charge in [-0.25, -0.2) is 0 Å². The van der Waals surface area contributed by atoms with Crippen LogP contribution >= 0.6 is 15.9 Å². The van der Waals surface area contributed by atoms with E-state index in [1.165, 1.54) is 27.6 Å². The highest BCUT2D eigenvalue weighted by molar-refractivity contribution is 9.10. The van der Waals surface area contributed by atoms with Crippen LogP contribution < -0.4 is 0 Å². The van der Waals surface area contributed by atoms with Crippen molar-refractivity contribution in [2.75, 3.05) is 0 Å². The summed E-state index contributed by atoms with van der Waals surface area (Å²) in [6.45, 7) is 13.7. The Bertz CT molecular complexity index is 638. The number of hydrogen-bond donors (Lipinski definition) is 0. The molecule has 20 heavy (non-hydrogen) atoms. The highest BCUT2D eigenvalue weighted by Crippen LogP contribution is 2.41. The molecule has 0 aliphatic heterocycles. The van der Waals surface area contributed by atoms with E-state index >= 15 is 0 Å². The van der Waals surface area contributed by atoms with E-state index in [-0.39, 0.29) is 0 Å². The molecule has 2 aromatic rings. The van der Waals surface area contributed by atoms with Gasteiger partial charge in [-0.15, -0.1) is 0 Å². The van der Waals surface area contributed by atoms with Gasteiger partial charge in [0.2, 0.25) is 0 Å². The second-order valence-corrected chi connectivity index (χ2v) is 7.66. The first-order valence-corrected chi connectivity index (χ1v) is 8.59. The third kappa shape index (κ3) is 2.39. The Balaban J connectivity index is 2.99. The Labute approximate surface area is 134 Å². The van der Waals surface area contributed by atoms with Crippen molar-refractivity contribution in [3.05, 3.63) is 33.4 Å². The number of rotatable bonds is 3. The van der Waals surface area contributed by atoms with Crippen LogP contribution in [0.1, 0.15) is 76.0 Å². The molecule has 107 valence electrons. The zero-order valence-corrected chi connectivity index (χ0v) is 15.8. The van der Waals surface area contributed by atoms with E-state index in [0.717, 1.165) is 4.60 Å². The van der Waals surface area contributed by atoms with E-state index in [2.05, 4.69) is 84.2 Å². The van der Waals surface area contributed by atoms with E-state index in [4.69, 9.17) is 0 Å². The first kappa shape index (κ1) is 15.8. The molecule has 3 radical (unpaired) electrons. The average molecular weight is 349 g/mol. The fraction of sp³-hybridized carbons (Fsp3) is 0.529. The normalized spacial score (nSPS) is 12.3. The minimum absolute atomic E-state index is 0.490. The molecule has 1 nitrogen and oxygen atoms in total. The number of nitrogens with zero attached hydrogens (tertiary/aromatic N) is 1. The third-order valence-corrected chi connectivity index (χ3v) is 5.54. The van der Waals surface area contributed by atoms with Gasteiger partial charge in [-0.2, -0.15) is 0 Å². The van der Waals surface area contributed by atoms with Crippen LogP contribution in [0.4, 0.5) is 0 Å². The molecule has 0 atom stereocenters. The minimum atomic E-state index is 0.490. The zero-order valence-electron chi connectivity index (χ0n) is 13.2. The smallest absolute Gasteiger partial charge is 0.196 e. The van der Waals surface area contributed by atoms with Crippen molar-refractivity contribution in [1.82, 2.24) is 4.23 Å². The van der Waals surface area contributed by atoms with Crippen LogP contribution in [0, 0.1) is 0 Å². The van der Waals surface area contributed by atoms with E-state index < -0.39 is 0 Å². The zero-order chi connectivity index (χ0) is 15.2. The van der Waals surface area contributed by atoms with Gasteiger partial charge in [0.25, 0.3) is 0 Å². The van der Waals surface area contributed by atoms with Gasteiger partial charge < -0.3 is 4.23 Å². The molecule has 0 saturated heterocycles. The molecule has 0 aliphatic rings. The van der Waals surface area contributed by atoms with Crippen molar-refractivity contribution >= 4 is 37.2 Å². The standard InChI is InChI=1S/C17H23BrNSi/c1-9(2)12-7-8-13-16(14(12)10(3)4)15(11(5)6)17(18)19(13)20/h7-11H,1-6H3. The van der Waals surface area contributed by atoms with Crippen molar-refractivity contribution < 1.29 is 0 Å². The number of hydrogen-bond acceptors (Lipinski definition) is 0. The first-order chi connectivity index (χ1) is 9.27. The summed E-state index contributed by atoms with van der Waals surface area (Å²) in [4.78, 5) is 0. The van der Waals surface area contributed by atoms with E-state index in [1.807, 2.05) is 0 Å². The summed E-state index contributed by atoms with van der Waals surface area (Å²) in [5.74, 6) is 1.56. The molecular weight excluding hydrogens is 326 g/mol. The molecule has 1 aromatic heterocycles.